The lowest BCUT2D eigenvalue weighted by molar-refractivity contribution is 0.147. The van der Waals surface area contributed by atoms with Gasteiger partial charge >= 0.3 is 0 Å². The van der Waals surface area contributed by atoms with E-state index < -0.39 is 0 Å². The zero-order valence-corrected chi connectivity index (χ0v) is 12.2. The number of nitrogens with zero attached hydrogens (tertiary/aromatic N) is 1. The van der Waals surface area contributed by atoms with E-state index in [-0.39, 0.29) is 6.10 Å². The molecular formula is C17H26N2O. The summed E-state index contributed by atoms with van der Waals surface area (Å²) < 4.78 is 0. The van der Waals surface area contributed by atoms with E-state index in [1.807, 2.05) is 6.07 Å². The number of rotatable bonds is 4. The van der Waals surface area contributed by atoms with Crippen LogP contribution in [-0.2, 0) is 6.42 Å². The van der Waals surface area contributed by atoms with Gasteiger partial charge in [-0.05, 0) is 48.9 Å². The molecule has 1 aliphatic heterocycles. The second-order valence-electron chi connectivity index (χ2n) is 6.48. The minimum Gasteiger partial charge on any atom is -0.399 e. The fraction of sp³-hybridized carbons (Fsp3) is 0.647. The zero-order chi connectivity index (χ0) is 13.9. The minimum atomic E-state index is -0.193. The Hall–Kier alpha value is -1.22. The van der Waals surface area contributed by atoms with E-state index in [9.17, 15) is 5.11 Å². The summed E-state index contributed by atoms with van der Waals surface area (Å²) in [6.07, 6.45) is 8.37. The van der Waals surface area contributed by atoms with Crippen LogP contribution in [0.4, 0.5) is 11.4 Å². The number of aliphatic hydroxyl groups excluding tert-OH is 1. The Balaban J connectivity index is 1.63. The molecule has 1 aliphatic carbocycles. The Morgan fingerprint density at radius 1 is 1.25 bits per heavy atom. The number of aliphatic hydroxyl groups is 1. The maximum Gasteiger partial charge on any atom is 0.0717 e. The van der Waals surface area contributed by atoms with Gasteiger partial charge in [0.15, 0.2) is 0 Å². The molecule has 3 heteroatoms. The van der Waals surface area contributed by atoms with E-state index >= 15 is 0 Å². The summed E-state index contributed by atoms with van der Waals surface area (Å²) in [4.78, 5) is 2.35. The Morgan fingerprint density at radius 3 is 2.85 bits per heavy atom. The molecule has 2 aliphatic rings. The molecule has 1 heterocycles. The summed E-state index contributed by atoms with van der Waals surface area (Å²) in [6, 6.07) is 6.18. The fourth-order valence-corrected chi connectivity index (χ4v) is 3.84. The number of nitrogen functional groups attached to an aromatic ring is 1. The van der Waals surface area contributed by atoms with Crippen molar-refractivity contribution in [1.29, 1.82) is 0 Å². The number of aryl methyl sites for hydroxylation is 1. The van der Waals surface area contributed by atoms with Crippen molar-refractivity contribution in [2.24, 2.45) is 5.92 Å². The molecule has 3 rings (SSSR count). The molecule has 3 N–H and O–H groups in total. The molecule has 0 radical (unpaired) electrons. The van der Waals surface area contributed by atoms with Gasteiger partial charge in [-0.2, -0.15) is 0 Å². The number of β-amino-alcohol motifs (C(OH)–C–C–N with tert-alkyl or cyclic N) is 1. The zero-order valence-electron chi connectivity index (χ0n) is 12.2. The molecule has 1 unspecified atom stereocenters. The summed E-state index contributed by atoms with van der Waals surface area (Å²) in [5.74, 6) is 0.751. The predicted molar refractivity (Wildman–Crippen MR) is 84.0 cm³/mol. The second kappa shape index (κ2) is 6.04. The number of nitrogens with two attached hydrogens (primary N) is 1. The van der Waals surface area contributed by atoms with E-state index in [1.54, 1.807) is 0 Å². The van der Waals surface area contributed by atoms with Gasteiger partial charge in [0.25, 0.3) is 0 Å². The molecule has 110 valence electrons. The van der Waals surface area contributed by atoms with Gasteiger partial charge in [0.2, 0.25) is 0 Å². The first-order chi connectivity index (χ1) is 9.72. The monoisotopic (exact) mass is 274 g/mol. The van der Waals surface area contributed by atoms with Crippen LogP contribution in [0.15, 0.2) is 18.2 Å². The molecule has 0 amide bonds. The van der Waals surface area contributed by atoms with Crippen LogP contribution in [0, 0.1) is 5.92 Å². The van der Waals surface area contributed by atoms with Crippen LogP contribution in [0.5, 0.6) is 0 Å². The topological polar surface area (TPSA) is 49.5 Å². The number of benzene rings is 1. The number of hydrogen-bond acceptors (Lipinski definition) is 3. The molecule has 1 fully saturated rings. The van der Waals surface area contributed by atoms with Crippen molar-refractivity contribution in [1.82, 2.24) is 0 Å². The van der Waals surface area contributed by atoms with Gasteiger partial charge in [0.1, 0.15) is 0 Å². The largest absolute Gasteiger partial charge is 0.399 e. The average Bonchev–Trinajstić information content (AvgIpc) is 2.91. The summed E-state index contributed by atoms with van der Waals surface area (Å²) in [7, 11) is 0. The van der Waals surface area contributed by atoms with E-state index in [4.69, 9.17) is 5.73 Å². The van der Waals surface area contributed by atoms with Crippen molar-refractivity contribution in [2.45, 2.75) is 51.0 Å². The van der Waals surface area contributed by atoms with Crippen LogP contribution in [0.3, 0.4) is 0 Å². The summed E-state index contributed by atoms with van der Waals surface area (Å²) >= 11 is 0. The Kier molecular flexibility index (Phi) is 4.16. The first kappa shape index (κ1) is 13.7. The number of anilines is 2. The van der Waals surface area contributed by atoms with Crippen LogP contribution >= 0.6 is 0 Å². The van der Waals surface area contributed by atoms with Crippen LogP contribution < -0.4 is 10.6 Å². The Bertz CT molecular complexity index is 454. The van der Waals surface area contributed by atoms with Gasteiger partial charge in [-0.25, -0.2) is 0 Å². The molecule has 20 heavy (non-hydrogen) atoms. The SMILES string of the molecule is Nc1ccc2c(c1)CCCN2CC(O)CC1CCCC1. The molecular weight excluding hydrogens is 248 g/mol. The molecule has 1 aromatic rings. The van der Waals surface area contributed by atoms with Gasteiger partial charge < -0.3 is 15.7 Å². The minimum absolute atomic E-state index is 0.193. The van der Waals surface area contributed by atoms with Crippen molar-refractivity contribution >= 4 is 11.4 Å². The first-order valence-electron chi connectivity index (χ1n) is 8.04. The summed E-state index contributed by atoms with van der Waals surface area (Å²) in [5, 5.41) is 10.4. The van der Waals surface area contributed by atoms with Crippen LogP contribution in [0.2, 0.25) is 0 Å². The fourth-order valence-electron chi connectivity index (χ4n) is 3.84. The maximum atomic E-state index is 10.4. The standard InChI is InChI=1S/C17H26N2O/c18-15-7-8-17-14(11-15)6-3-9-19(17)12-16(20)10-13-4-1-2-5-13/h7-8,11,13,16,20H,1-6,9-10,12,18H2. The summed E-state index contributed by atoms with van der Waals surface area (Å²) in [6.45, 7) is 1.83. The van der Waals surface area contributed by atoms with Gasteiger partial charge in [-0.3, -0.25) is 0 Å². The van der Waals surface area contributed by atoms with Crippen molar-refractivity contribution < 1.29 is 5.11 Å². The Labute approximate surface area is 121 Å². The third kappa shape index (κ3) is 3.09. The van der Waals surface area contributed by atoms with Gasteiger partial charge in [-0.15, -0.1) is 0 Å². The number of fused-ring (bicyclic) bond motifs is 1. The van der Waals surface area contributed by atoms with E-state index in [0.29, 0.717) is 0 Å². The molecule has 0 saturated heterocycles. The molecule has 1 aromatic carbocycles. The molecule has 1 atom stereocenters. The smallest absolute Gasteiger partial charge is 0.0717 e. The van der Waals surface area contributed by atoms with Gasteiger partial charge in [0.05, 0.1) is 6.10 Å². The van der Waals surface area contributed by atoms with Crippen molar-refractivity contribution in [3.05, 3.63) is 23.8 Å². The molecule has 0 spiro atoms. The third-order valence-electron chi connectivity index (χ3n) is 4.83. The number of hydrogen-bond donors (Lipinski definition) is 2. The highest BCUT2D eigenvalue weighted by atomic mass is 16.3. The van der Waals surface area contributed by atoms with Crippen molar-refractivity contribution in [3.63, 3.8) is 0 Å². The lowest BCUT2D eigenvalue weighted by atomic mass is 9.97. The predicted octanol–water partition coefficient (Wildman–Crippen LogP) is 2.96. The van der Waals surface area contributed by atoms with Crippen LogP contribution in [-0.4, -0.2) is 24.3 Å². The normalized spacial score (nSPS) is 20.9. The average molecular weight is 274 g/mol. The molecule has 0 bridgehead atoms. The highest BCUT2D eigenvalue weighted by Gasteiger charge is 2.23. The van der Waals surface area contributed by atoms with Crippen LogP contribution in [0.25, 0.3) is 0 Å². The lowest BCUT2D eigenvalue weighted by Gasteiger charge is -2.33. The van der Waals surface area contributed by atoms with Gasteiger partial charge in [-0.1, -0.05) is 25.7 Å². The highest BCUT2D eigenvalue weighted by Crippen LogP contribution is 2.31. The molecule has 1 saturated carbocycles. The Morgan fingerprint density at radius 2 is 2.05 bits per heavy atom. The molecule has 3 nitrogen and oxygen atoms in total. The highest BCUT2D eigenvalue weighted by molar-refractivity contribution is 5.61. The van der Waals surface area contributed by atoms with Gasteiger partial charge in [0, 0.05) is 24.5 Å². The van der Waals surface area contributed by atoms with E-state index in [1.165, 1.54) is 36.9 Å². The summed E-state index contributed by atoms with van der Waals surface area (Å²) in [5.41, 5.74) is 9.33. The van der Waals surface area contributed by atoms with Crippen molar-refractivity contribution in [2.75, 3.05) is 23.7 Å². The maximum absolute atomic E-state index is 10.4. The van der Waals surface area contributed by atoms with E-state index in [0.717, 1.165) is 44.0 Å². The van der Waals surface area contributed by atoms with Crippen LogP contribution in [0.1, 0.15) is 44.1 Å². The molecule has 0 aromatic heterocycles. The first-order valence-corrected chi connectivity index (χ1v) is 8.04. The lowest BCUT2D eigenvalue weighted by Crippen LogP contribution is -2.37. The third-order valence-corrected chi connectivity index (χ3v) is 4.83. The second-order valence-corrected chi connectivity index (χ2v) is 6.48. The van der Waals surface area contributed by atoms with E-state index in [2.05, 4.69) is 17.0 Å². The quantitative estimate of drug-likeness (QED) is 0.830. The van der Waals surface area contributed by atoms with Crippen molar-refractivity contribution in [3.8, 4) is 0 Å².